The van der Waals surface area contributed by atoms with Crippen LogP contribution in [0.3, 0.4) is 0 Å². The van der Waals surface area contributed by atoms with Crippen molar-refractivity contribution < 1.29 is 35.0 Å². The van der Waals surface area contributed by atoms with Gasteiger partial charge in [0, 0.05) is 18.3 Å². The summed E-state index contributed by atoms with van der Waals surface area (Å²) in [6, 6.07) is 0. The molecule has 4 atom stereocenters. The molecule has 2 saturated heterocycles. The molecule has 4 aliphatic rings. The Morgan fingerprint density at radius 2 is 1.82 bits per heavy atom. The van der Waals surface area contributed by atoms with Gasteiger partial charge in [-0.05, 0) is 19.3 Å². The van der Waals surface area contributed by atoms with Crippen LogP contribution in [-0.4, -0.2) is 63.8 Å². The second kappa shape index (κ2) is 3.68. The number of hydrogen-bond acceptors (Lipinski definition) is 7. The predicted octanol–water partition coefficient (Wildman–Crippen LogP) is -1.09. The van der Waals surface area contributed by atoms with E-state index in [9.17, 15) is 35.0 Å². The van der Waals surface area contributed by atoms with Crippen molar-refractivity contribution in [3.05, 3.63) is 0 Å². The van der Waals surface area contributed by atoms with Crippen LogP contribution in [0.2, 0.25) is 0 Å². The quantitative estimate of drug-likeness (QED) is 0.280. The first-order valence-corrected chi connectivity index (χ1v) is 8.52. The van der Waals surface area contributed by atoms with Gasteiger partial charge in [-0.25, -0.2) is 4.39 Å². The van der Waals surface area contributed by atoms with Gasteiger partial charge in [0.1, 0.15) is 10.7 Å². The van der Waals surface area contributed by atoms with Crippen LogP contribution in [0, 0.1) is 11.3 Å². The number of alkyl halides is 1. The molecule has 126 valence electrons. The van der Waals surface area contributed by atoms with Crippen molar-refractivity contribution in [3.8, 4) is 0 Å². The Hall–Kier alpha value is 0.0800. The van der Waals surface area contributed by atoms with Gasteiger partial charge in [0.25, 0.3) is 0 Å². The van der Waals surface area contributed by atoms with Crippen molar-refractivity contribution >= 4 is 8.58 Å². The van der Waals surface area contributed by atoms with Gasteiger partial charge in [-0.15, -0.1) is 0 Å². The summed E-state index contributed by atoms with van der Waals surface area (Å²) in [5.74, 6) is -9.09. The molecule has 22 heavy (non-hydrogen) atoms. The first kappa shape index (κ1) is 15.6. The standard InChI is InChI=1S/C13H21FNO6P/c1-2-10(16,17)13-8(3-4-8)6-11(18,19)15(13)12(20,21)7-5-9(7,14)22-13/h7,16-22H,2-6H2,1H3/t7?,9?,13-/m0/s1. The molecule has 2 saturated carbocycles. The fraction of sp³-hybridized carbons (Fsp3) is 1.00. The summed E-state index contributed by atoms with van der Waals surface area (Å²) in [7, 11) is -0.668. The highest BCUT2D eigenvalue weighted by Gasteiger charge is 2.89. The lowest BCUT2D eigenvalue weighted by Gasteiger charge is -2.58. The normalized spacial score (nSPS) is 48.3. The lowest BCUT2D eigenvalue weighted by Crippen LogP contribution is -2.75. The van der Waals surface area contributed by atoms with Gasteiger partial charge in [0.05, 0.1) is 5.92 Å². The summed E-state index contributed by atoms with van der Waals surface area (Å²) >= 11 is 0. The first-order valence-electron chi connectivity index (χ1n) is 7.52. The Morgan fingerprint density at radius 3 is 2.32 bits per heavy atom. The highest BCUT2D eigenvalue weighted by Crippen LogP contribution is 2.84. The molecular formula is C13H21FNO6P. The van der Waals surface area contributed by atoms with Crippen molar-refractivity contribution in [2.24, 2.45) is 11.3 Å². The monoisotopic (exact) mass is 337 g/mol. The van der Waals surface area contributed by atoms with Crippen LogP contribution in [0.5, 0.6) is 0 Å². The molecule has 2 aliphatic carbocycles. The third-order valence-electron chi connectivity index (χ3n) is 6.04. The average molecular weight is 337 g/mol. The van der Waals surface area contributed by atoms with E-state index >= 15 is 0 Å². The third kappa shape index (κ3) is 1.45. The second-order valence-corrected chi connectivity index (χ2v) is 9.18. The number of fused-ring (bicyclic) bond motifs is 3. The predicted molar refractivity (Wildman–Crippen MR) is 72.9 cm³/mol. The van der Waals surface area contributed by atoms with Crippen LogP contribution < -0.4 is 0 Å². The molecule has 1 spiro atoms. The molecule has 0 aromatic heterocycles. The minimum absolute atomic E-state index is 0.136. The SMILES string of the molecule is CCC(O)(O)[C@]12PC3(F)CC3C(O)(O)N1C(O)(O)CC21CC1. The van der Waals surface area contributed by atoms with E-state index in [1.54, 1.807) is 0 Å². The minimum Gasteiger partial charge on any atom is -0.364 e. The number of nitrogens with zero attached hydrogens (tertiary/aromatic N) is 1. The Labute approximate surface area is 128 Å². The molecule has 0 bridgehead atoms. The fourth-order valence-corrected chi connectivity index (χ4v) is 7.50. The van der Waals surface area contributed by atoms with Crippen LogP contribution in [0.1, 0.15) is 39.0 Å². The van der Waals surface area contributed by atoms with Crippen LogP contribution in [0.25, 0.3) is 0 Å². The van der Waals surface area contributed by atoms with E-state index in [1.165, 1.54) is 6.92 Å². The van der Waals surface area contributed by atoms with Gasteiger partial charge in [0.15, 0.2) is 5.79 Å². The van der Waals surface area contributed by atoms with Gasteiger partial charge in [-0.1, -0.05) is 15.5 Å². The Morgan fingerprint density at radius 1 is 1.23 bits per heavy atom. The molecule has 0 amide bonds. The van der Waals surface area contributed by atoms with E-state index in [4.69, 9.17) is 0 Å². The summed E-state index contributed by atoms with van der Waals surface area (Å²) in [6.45, 7) is 1.49. The number of halogens is 1. The van der Waals surface area contributed by atoms with E-state index in [2.05, 4.69) is 0 Å². The van der Waals surface area contributed by atoms with Gasteiger partial charge in [-0.2, -0.15) is 4.90 Å². The molecule has 4 fully saturated rings. The molecular weight excluding hydrogens is 316 g/mol. The molecule has 9 heteroatoms. The van der Waals surface area contributed by atoms with Crippen molar-refractivity contribution in [1.29, 1.82) is 0 Å². The van der Waals surface area contributed by atoms with Crippen LogP contribution >= 0.6 is 8.58 Å². The van der Waals surface area contributed by atoms with Gasteiger partial charge in [0.2, 0.25) is 11.8 Å². The molecule has 4 rings (SSSR count). The lowest BCUT2D eigenvalue weighted by molar-refractivity contribution is -0.416. The molecule has 6 N–H and O–H groups in total. The molecule has 0 aromatic rings. The molecule has 0 aromatic carbocycles. The zero-order valence-corrected chi connectivity index (χ0v) is 13.1. The second-order valence-electron chi connectivity index (χ2n) is 7.38. The highest BCUT2D eigenvalue weighted by molar-refractivity contribution is 7.42. The summed E-state index contributed by atoms with van der Waals surface area (Å²) in [5.41, 5.74) is -0.933. The van der Waals surface area contributed by atoms with Gasteiger partial charge >= 0.3 is 0 Å². The third-order valence-corrected chi connectivity index (χ3v) is 8.53. The van der Waals surface area contributed by atoms with E-state index in [-0.39, 0.29) is 19.3 Å². The molecule has 3 unspecified atom stereocenters. The Bertz CT molecular complexity index is 553. The number of aliphatic hydroxyl groups is 6. The van der Waals surface area contributed by atoms with Crippen molar-refractivity contribution in [1.82, 2.24) is 4.90 Å². The Kier molecular flexibility index (Phi) is 2.61. The first-order chi connectivity index (χ1) is 9.89. The van der Waals surface area contributed by atoms with Crippen LogP contribution in [0.4, 0.5) is 4.39 Å². The van der Waals surface area contributed by atoms with Crippen molar-refractivity contribution in [3.63, 3.8) is 0 Å². The Balaban J connectivity index is 1.97. The van der Waals surface area contributed by atoms with E-state index in [0.717, 1.165) is 0 Å². The maximum atomic E-state index is 14.9. The van der Waals surface area contributed by atoms with Crippen LogP contribution in [-0.2, 0) is 0 Å². The lowest BCUT2D eigenvalue weighted by atomic mass is 9.86. The molecule has 2 aliphatic heterocycles. The summed E-state index contributed by atoms with van der Waals surface area (Å²) in [5, 5.41) is 59.1. The molecule has 7 nitrogen and oxygen atoms in total. The van der Waals surface area contributed by atoms with Gasteiger partial charge in [-0.3, -0.25) is 0 Å². The minimum atomic E-state index is -2.83. The summed E-state index contributed by atoms with van der Waals surface area (Å²) in [4.78, 5) is 0.581. The van der Waals surface area contributed by atoms with E-state index < -0.39 is 48.2 Å². The van der Waals surface area contributed by atoms with Gasteiger partial charge < -0.3 is 30.6 Å². The number of rotatable bonds is 2. The van der Waals surface area contributed by atoms with Crippen molar-refractivity contribution in [2.45, 2.75) is 67.3 Å². The average Bonchev–Trinajstić information content (AvgIpc) is 3.22. The fourth-order valence-electron chi connectivity index (χ4n) is 4.79. The maximum Gasteiger partial charge on any atom is 0.236 e. The highest BCUT2D eigenvalue weighted by atomic mass is 31.1. The topological polar surface area (TPSA) is 125 Å². The zero-order valence-electron chi connectivity index (χ0n) is 12.1. The largest absolute Gasteiger partial charge is 0.364 e. The smallest absolute Gasteiger partial charge is 0.236 e. The maximum absolute atomic E-state index is 14.9. The van der Waals surface area contributed by atoms with Crippen molar-refractivity contribution in [2.75, 3.05) is 0 Å². The van der Waals surface area contributed by atoms with Crippen LogP contribution in [0.15, 0.2) is 0 Å². The molecule has 2 heterocycles. The molecule has 0 radical (unpaired) electrons. The summed E-state index contributed by atoms with van der Waals surface area (Å²) in [6.07, 6.45) is 0.327. The summed E-state index contributed by atoms with van der Waals surface area (Å²) < 4.78 is 14.9. The zero-order chi connectivity index (χ0) is 16.4. The number of hydrogen-bond donors (Lipinski definition) is 6. The van der Waals surface area contributed by atoms with E-state index in [1.807, 2.05) is 0 Å². The van der Waals surface area contributed by atoms with E-state index in [0.29, 0.717) is 17.7 Å².